The fourth-order valence-corrected chi connectivity index (χ4v) is 2.30. The number of carbonyl (C=O) groups is 1. The lowest BCUT2D eigenvalue weighted by Gasteiger charge is -2.26. The Morgan fingerprint density at radius 3 is 2.55 bits per heavy atom. The lowest BCUT2D eigenvalue weighted by Crippen LogP contribution is -2.30. The van der Waals surface area contributed by atoms with Crippen LogP contribution in [-0.2, 0) is 4.79 Å². The molecule has 1 aromatic carbocycles. The van der Waals surface area contributed by atoms with Crippen molar-refractivity contribution in [2.24, 2.45) is 0 Å². The number of halogens is 1. The predicted molar refractivity (Wildman–Crippen MR) is 86.5 cm³/mol. The number of hydrogen-bond donors (Lipinski definition) is 1. The molecule has 1 aromatic heterocycles. The highest BCUT2D eigenvalue weighted by Crippen LogP contribution is 2.23. The molecule has 1 N–H and O–H groups in total. The minimum atomic E-state index is -0.840. The third-order valence-corrected chi connectivity index (χ3v) is 4.02. The van der Waals surface area contributed by atoms with E-state index in [0.29, 0.717) is 10.6 Å². The van der Waals surface area contributed by atoms with Crippen LogP contribution in [0, 0.1) is 0 Å². The van der Waals surface area contributed by atoms with Gasteiger partial charge in [-0.25, -0.2) is 0 Å². The maximum Gasteiger partial charge on any atom is 0.225 e. The van der Waals surface area contributed by atoms with Crippen LogP contribution in [0.15, 0.2) is 48.8 Å². The summed E-state index contributed by atoms with van der Waals surface area (Å²) in [6.07, 6.45) is 2.63. The Balaban J connectivity index is 2.00. The summed E-state index contributed by atoms with van der Waals surface area (Å²) in [6.45, 7) is 1.93. The van der Waals surface area contributed by atoms with Crippen LogP contribution < -0.4 is 0 Å². The monoisotopic (exact) mass is 318 g/mol. The average Bonchev–Trinajstić information content (AvgIpc) is 2.54. The number of carbonyl (C=O) groups excluding carboxylic acids is 1. The van der Waals surface area contributed by atoms with Gasteiger partial charge < -0.3 is 10.0 Å². The summed E-state index contributed by atoms with van der Waals surface area (Å²) < 4.78 is 0. The Morgan fingerprint density at radius 2 is 1.95 bits per heavy atom. The van der Waals surface area contributed by atoms with Gasteiger partial charge in [0, 0.05) is 24.5 Å². The minimum absolute atomic E-state index is 0.0305. The summed E-state index contributed by atoms with van der Waals surface area (Å²) in [4.78, 5) is 18.0. The first-order valence-corrected chi connectivity index (χ1v) is 7.46. The molecule has 2 atom stereocenters. The van der Waals surface area contributed by atoms with Crippen LogP contribution in [0.1, 0.15) is 36.6 Å². The Hall–Kier alpha value is -1.91. The number of benzene rings is 1. The van der Waals surface area contributed by atoms with E-state index < -0.39 is 6.10 Å². The number of aromatic nitrogens is 1. The van der Waals surface area contributed by atoms with Crippen molar-refractivity contribution >= 4 is 17.5 Å². The van der Waals surface area contributed by atoms with Crippen molar-refractivity contribution in [3.63, 3.8) is 0 Å². The van der Waals surface area contributed by atoms with Crippen LogP contribution >= 0.6 is 11.6 Å². The van der Waals surface area contributed by atoms with Gasteiger partial charge in [0.2, 0.25) is 5.91 Å². The van der Waals surface area contributed by atoms with Gasteiger partial charge in [-0.05, 0) is 36.2 Å². The van der Waals surface area contributed by atoms with Gasteiger partial charge in [0.25, 0.3) is 0 Å². The van der Waals surface area contributed by atoms with Crippen molar-refractivity contribution in [2.45, 2.75) is 25.5 Å². The second-order valence-electron chi connectivity index (χ2n) is 5.24. The van der Waals surface area contributed by atoms with Gasteiger partial charge in [-0.1, -0.05) is 29.8 Å². The highest BCUT2D eigenvalue weighted by Gasteiger charge is 2.21. The molecule has 116 valence electrons. The zero-order valence-electron chi connectivity index (χ0n) is 12.6. The predicted octanol–water partition coefficient (Wildman–Crippen LogP) is 3.38. The number of pyridine rings is 1. The molecule has 0 spiro atoms. The van der Waals surface area contributed by atoms with Crippen molar-refractivity contribution in [1.29, 1.82) is 0 Å². The van der Waals surface area contributed by atoms with Crippen molar-refractivity contribution < 1.29 is 9.90 Å². The zero-order chi connectivity index (χ0) is 16.1. The smallest absolute Gasteiger partial charge is 0.225 e. The highest BCUT2D eigenvalue weighted by molar-refractivity contribution is 6.30. The summed E-state index contributed by atoms with van der Waals surface area (Å²) >= 11 is 5.82. The van der Waals surface area contributed by atoms with Gasteiger partial charge >= 0.3 is 0 Å². The molecular weight excluding hydrogens is 300 g/mol. The van der Waals surface area contributed by atoms with E-state index in [1.54, 1.807) is 48.6 Å². The number of hydrogen-bond acceptors (Lipinski definition) is 3. The van der Waals surface area contributed by atoms with Crippen LogP contribution in [0.2, 0.25) is 5.02 Å². The number of rotatable bonds is 5. The second-order valence-corrected chi connectivity index (χ2v) is 5.67. The molecule has 1 heterocycles. The molecule has 0 saturated heterocycles. The molecule has 2 rings (SSSR count). The molecule has 22 heavy (non-hydrogen) atoms. The van der Waals surface area contributed by atoms with E-state index in [0.717, 1.165) is 5.56 Å². The molecule has 5 heteroatoms. The summed E-state index contributed by atoms with van der Waals surface area (Å²) in [5, 5.41) is 10.8. The Labute approximate surface area is 135 Å². The standard InChI is InChI=1S/C17H19ClN2O2/c1-12(14-4-3-9-19-11-14)20(2)17(22)10-16(21)13-5-7-15(18)8-6-13/h3-9,11-12,16,21H,10H2,1-2H3. The molecule has 0 radical (unpaired) electrons. The van der Waals surface area contributed by atoms with Gasteiger partial charge in [0.1, 0.15) is 0 Å². The van der Waals surface area contributed by atoms with Gasteiger partial charge in [-0.15, -0.1) is 0 Å². The van der Waals surface area contributed by atoms with Crippen LogP contribution in [0.5, 0.6) is 0 Å². The minimum Gasteiger partial charge on any atom is -0.388 e. The topological polar surface area (TPSA) is 53.4 Å². The number of aliphatic hydroxyl groups is 1. The van der Waals surface area contributed by atoms with E-state index in [4.69, 9.17) is 11.6 Å². The van der Waals surface area contributed by atoms with Crippen LogP contribution in [0.3, 0.4) is 0 Å². The molecule has 0 aliphatic heterocycles. The van der Waals surface area contributed by atoms with Crippen molar-refractivity contribution in [2.75, 3.05) is 7.05 Å². The quantitative estimate of drug-likeness (QED) is 0.919. The summed E-state index contributed by atoms with van der Waals surface area (Å²) in [5.41, 5.74) is 1.64. The SMILES string of the molecule is CC(c1cccnc1)N(C)C(=O)CC(O)c1ccc(Cl)cc1. The first-order chi connectivity index (χ1) is 10.5. The molecule has 2 unspecified atom stereocenters. The van der Waals surface area contributed by atoms with Crippen LogP contribution in [0.4, 0.5) is 0 Å². The van der Waals surface area contributed by atoms with Gasteiger partial charge in [-0.3, -0.25) is 9.78 Å². The lowest BCUT2D eigenvalue weighted by molar-refractivity contribution is -0.134. The van der Waals surface area contributed by atoms with E-state index in [-0.39, 0.29) is 18.4 Å². The molecule has 0 bridgehead atoms. The first kappa shape index (κ1) is 16.5. The normalized spacial score (nSPS) is 13.5. The van der Waals surface area contributed by atoms with Crippen molar-refractivity contribution in [3.05, 3.63) is 64.9 Å². The van der Waals surface area contributed by atoms with Gasteiger partial charge in [0.15, 0.2) is 0 Å². The van der Waals surface area contributed by atoms with E-state index >= 15 is 0 Å². The first-order valence-electron chi connectivity index (χ1n) is 7.08. The molecule has 0 saturated carbocycles. The fraction of sp³-hybridized carbons (Fsp3) is 0.294. The lowest BCUT2D eigenvalue weighted by atomic mass is 10.0. The Kier molecular flexibility index (Phi) is 5.52. The average molecular weight is 319 g/mol. The molecule has 0 fully saturated rings. The summed E-state index contributed by atoms with van der Waals surface area (Å²) in [5.74, 6) is -0.126. The Bertz CT molecular complexity index is 616. The van der Waals surface area contributed by atoms with Crippen molar-refractivity contribution in [3.8, 4) is 0 Å². The highest BCUT2D eigenvalue weighted by atomic mass is 35.5. The largest absolute Gasteiger partial charge is 0.388 e. The van der Waals surface area contributed by atoms with Crippen LogP contribution in [0.25, 0.3) is 0 Å². The summed E-state index contributed by atoms with van der Waals surface area (Å²) in [6, 6.07) is 10.5. The maximum absolute atomic E-state index is 12.3. The molecule has 4 nitrogen and oxygen atoms in total. The zero-order valence-corrected chi connectivity index (χ0v) is 13.4. The molecule has 0 aliphatic rings. The van der Waals surface area contributed by atoms with Gasteiger partial charge in [0.05, 0.1) is 18.6 Å². The third kappa shape index (κ3) is 4.06. The van der Waals surface area contributed by atoms with Crippen LogP contribution in [-0.4, -0.2) is 27.9 Å². The Morgan fingerprint density at radius 1 is 1.27 bits per heavy atom. The van der Waals surface area contributed by atoms with E-state index in [2.05, 4.69) is 4.98 Å². The third-order valence-electron chi connectivity index (χ3n) is 3.76. The second kappa shape index (κ2) is 7.38. The summed E-state index contributed by atoms with van der Waals surface area (Å²) in [7, 11) is 1.73. The van der Waals surface area contributed by atoms with Crippen molar-refractivity contribution in [1.82, 2.24) is 9.88 Å². The molecule has 2 aromatic rings. The van der Waals surface area contributed by atoms with E-state index in [1.807, 2.05) is 19.1 Å². The number of amides is 1. The molecule has 0 aliphatic carbocycles. The maximum atomic E-state index is 12.3. The fourth-order valence-electron chi connectivity index (χ4n) is 2.17. The van der Waals surface area contributed by atoms with Gasteiger partial charge in [-0.2, -0.15) is 0 Å². The van der Waals surface area contributed by atoms with E-state index in [9.17, 15) is 9.90 Å². The van der Waals surface area contributed by atoms with E-state index in [1.165, 1.54) is 0 Å². The number of aliphatic hydroxyl groups excluding tert-OH is 1. The number of nitrogens with zero attached hydrogens (tertiary/aromatic N) is 2. The molecular formula is C17H19ClN2O2. The molecule has 1 amide bonds.